The van der Waals surface area contributed by atoms with E-state index >= 15 is 0 Å². The topological polar surface area (TPSA) is 0 Å². The number of hydrogen-bond donors (Lipinski definition) is 0. The number of fused-ring (bicyclic) bond motifs is 38. The summed E-state index contributed by atoms with van der Waals surface area (Å²) >= 11 is 0. The molecule has 13 aliphatic rings. The molecule has 0 aliphatic heterocycles. The number of hydrogen-bond acceptors (Lipinski definition) is 0. The molecule has 13 rings (SSSR count). The molecule has 0 radical (unpaired) electrons. The van der Waals surface area contributed by atoms with Gasteiger partial charge < -0.3 is 0 Å². The second kappa shape index (κ2) is 6.05. The van der Waals surface area contributed by atoms with Crippen molar-refractivity contribution in [2.24, 2.45) is 147 Å². The molecule has 0 aromatic carbocycles. The third kappa shape index (κ3) is 1.86. The zero-order valence-corrected chi connectivity index (χ0v) is 24.1. The van der Waals surface area contributed by atoms with Gasteiger partial charge in [-0.2, -0.15) is 0 Å². The van der Waals surface area contributed by atoms with Crippen molar-refractivity contribution < 1.29 is 0 Å². The summed E-state index contributed by atoms with van der Waals surface area (Å²) < 4.78 is 0. The Kier molecular flexibility index (Phi) is 3.32. The van der Waals surface area contributed by atoms with E-state index in [0.717, 1.165) is 11.8 Å². The third-order valence-electron chi connectivity index (χ3n) is 20.3. The van der Waals surface area contributed by atoms with Crippen molar-refractivity contribution in [3.63, 3.8) is 0 Å². The Morgan fingerprint density at radius 3 is 1.03 bits per heavy atom. The summed E-state index contributed by atoms with van der Waals surface area (Å²) in [6.45, 7) is 5.82. The lowest BCUT2D eigenvalue weighted by Crippen LogP contribution is -2.57. The van der Waals surface area contributed by atoms with Crippen molar-refractivity contribution in [1.82, 2.24) is 0 Å². The smallest absolute Gasteiger partial charge is 0.0287 e. The van der Waals surface area contributed by atoms with Crippen LogP contribution in [0.3, 0.4) is 0 Å². The molecule has 0 N–H and O–H groups in total. The Morgan fingerprint density at radius 2 is 0.632 bits per heavy atom. The summed E-state index contributed by atoms with van der Waals surface area (Å²) in [5, 5.41) is 0. The van der Waals surface area contributed by atoms with E-state index in [1.54, 1.807) is 70.6 Å². The number of rotatable bonds is 0. The molecule has 12 bridgehead atoms. The standard InChI is InChI=1S/C38H52/c1-38(2)36-20(18-9-26(36)34-24-12-22(32(18)34)28-14-3-5-16(7-14)30(24)28)11-21-19-10-27(37(21)38)35-25-13-23(33(19)35)29-15-4-6-17(8-15)31(25)29/h14-37H,3-13H2,1-2H3. The van der Waals surface area contributed by atoms with Gasteiger partial charge in [-0.05, 0) is 218 Å². The maximum atomic E-state index is 2.91. The van der Waals surface area contributed by atoms with Crippen LogP contribution in [-0.4, -0.2) is 0 Å². The van der Waals surface area contributed by atoms with Crippen molar-refractivity contribution >= 4 is 0 Å². The molecule has 0 aromatic heterocycles. The quantitative estimate of drug-likeness (QED) is 0.289. The molecule has 0 saturated heterocycles. The molecular formula is C38H52. The van der Waals surface area contributed by atoms with Crippen LogP contribution in [0.1, 0.15) is 84.5 Å². The molecule has 0 spiro atoms. The minimum absolute atomic E-state index is 0.661. The van der Waals surface area contributed by atoms with Crippen molar-refractivity contribution in [2.75, 3.05) is 0 Å². The Morgan fingerprint density at radius 1 is 0.316 bits per heavy atom. The van der Waals surface area contributed by atoms with Crippen LogP contribution in [0, 0.1) is 147 Å². The predicted octanol–water partition coefficient (Wildman–Crippen LogP) is 8.27. The van der Waals surface area contributed by atoms with E-state index < -0.39 is 0 Å². The average Bonchev–Trinajstić information content (AvgIpc) is 3.76. The summed E-state index contributed by atoms with van der Waals surface area (Å²) in [6.07, 6.45) is 18.5. The van der Waals surface area contributed by atoms with Crippen LogP contribution in [0.4, 0.5) is 0 Å². The first-order chi connectivity index (χ1) is 18.6. The molecule has 24 atom stereocenters. The predicted molar refractivity (Wildman–Crippen MR) is 148 cm³/mol. The molecule has 38 heavy (non-hydrogen) atoms. The molecule has 0 amide bonds. The van der Waals surface area contributed by atoms with Gasteiger partial charge in [0, 0.05) is 0 Å². The SMILES string of the molecule is CC1(C)C2C(CC3C4CC(C5C6CC(C7C8CCC(C8)C67)C45)C31)C1CC2C2C3CC(C4C5CCC(C5)C34)C12. The van der Waals surface area contributed by atoms with Crippen LogP contribution in [0.25, 0.3) is 0 Å². The van der Waals surface area contributed by atoms with Gasteiger partial charge in [-0.15, -0.1) is 0 Å². The van der Waals surface area contributed by atoms with Gasteiger partial charge in [0.1, 0.15) is 0 Å². The second-order valence-corrected chi connectivity index (χ2v) is 20.0. The monoisotopic (exact) mass is 508 g/mol. The molecular weight excluding hydrogens is 456 g/mol. The van der Waals surface area contributed by atoms with Crippen LogP contribution in [0.2, 0.25) is 0 Å². The fourth-order valence-corrected chi connectivity index (χ4v) is 21.3. The molecule has 13 saturated carbocycles. The largest absolute Gasteiger partial charge is 0.0593 e. The third-order valence-corrected chi connectivity index (χ3v) is 20.3. The van der Waals surface area contributed by atoms with Gasteiger partial charge in [-0.25, -0.2) is 0 Å². The van der Waals surface area contributed by atoms with Gasteiger partial charge in [0.2, 0.25) is 0 Å². The average molecular weight is 509 g/mol. The lowest BCUT2D eigenvalue weighted by molar-refractivity contribution is -0.147. The van der Waals surface area contributed by atoms with Crippen molar-refractivity contribution in [3.05, 3.63) is 0 Å². The Labute approximate surface area is 231 Å². The van der Waals surface area contributed by atoms with Gasteiger partial charge in [0.05, 0.1) is 0 Å². The van der Waals surface area contributed by atoms with Gasteiger partial charge in [0.25, 0.3) is 0 Å². The summed E-state index contributed by atoms with van der Waals surface area (Å²) in [6, 6.07) is 0. The highest BCUT2D eigenvalue weighted by molar-refractivity contribution is 5.27. The molecule has 13 fully saturated rings. The van der Waals surface area contributed by atoms with Crippen molar-refractivity contribution in [3.8, 4) is 0 Å². The van der Waals surface area contributed by atoms with E-state index in [1.807, 2.05) is 0 Å². The minimum Gasteiger partial charge on any atom is -0.0593 e. The van der Waals surface area contributed by atoms with E-state index in [4.69, 9.17) is 0 Å². The summed E-state index contributed by atoms with van der Waals surface area (Å²) in [5.74, 6) is 28.7. The fraction of sp³-hybridized carbons (Fsp3) is 1.00. The van der Waals surface area contributed by atoms with Gasteiger partial charge in [0.15, 0.2) is 0 Å². The summed E-state index contributed by atoms with van der Waals surface area (Å²) in [4.78, 5) is 0. The highest BCUT2D eigenvalue weighted by Gasteiger charge is 2.79. The first kappa shape index (κ1) is 20.8. The summed E-state index contributed by atoms with van der Waals surface area (Å²) in [5.41, 5.74) is 0.661. The van der Waals surface area contributed by atoms with Crippen LogP contribution < -0.4 is 0 Å². The molecule has 13 aliphatic carbocycles. The highest BCUT2D eigenvalue weighted by Crippen LogP contribution is 2.85. The van der Waals surface area contributed by atoms with E-state index in [9.17, 15) is 0 Å². The summed E-state index contributed by atoms with van der Waals surface area (Å²) in [7, 11) is 0. The van der Waals surface area contributed by atoms with E-state index in [0.29, 0.717) is 5.41 Å². The lowest BCUT2D eigenvalue weighted by atomic mass is 9.43. The van der Waals surface area contributed by atoms with Gasteiger partial charge >= 0.3 is 0 Å². The van der Waals surface area contributed by atoms with E-state index in [2.05, 4.69) is 13.8 Å². The van der Waals surface area contributed by atoms with E-state index in [1.165, 1.54) is 130 Å². The molecule has 24 unspecified atom stereocenters. The molecule has 204 valence electrons. The van der Waals surface area contributed by atoms with Crippen LogP contribution in [0.15, 0.2) is 0 Å². The first-order valence-corrected chi connectivity index (χ1v) is 18.6. The van der Waals surface area contributed by atoms with Crippen LogP contribution >= 0.6 is 0 Å². The van der Waals surface area contributed by atoms with Gasteiger partial charge in [-0.1, -0.05) is 13.8 Å². The van der Waals surface area contributed by atoms with Crippen molar-refractivity contribution in [2.45, 2.75) is 84.5 Å². The minimum atomic E-state index is 0.661. The zero-order chi connectivity index (χ0) is 24.1. The molecule has 0 heterocycles. The lowest BCUT2D eigenvalue weighted by Gasteiger charge is -2.62. The second-order valence-electron chi connectivity index (χ2n) is 20.0. The van der Waals surface area contributed by atoms with Crippen LogP contribution in [0.5, 0.6) is 0 Å². The Bertz CT molecular complexity index is 1060. The zero-order valence-electron chi connectivity index (χ0n) is 24.1. The maximum absolute atomic E-state index is 2.91. The first-order valence-electron chi connectivity index (χ1n) is 18.6. The molecule has 0 nitrogen and oxygen atoms in total. The van der Waals surface area contributed by atoms with Crippen LogP contribution in [-0.2, 0) is 0 Å². The van der Waals surface area contributed by atoms with E-state index in [-0.39, 0.29) is 0 Å². The molecule has 0 aromatic rings. The fourth-order valence-electron chi connectivity index (χ4n) is 21.3. The van der Waals surface area contributed by atoms with Gasteiger partial charge in [-0.3, -0.25) is 0 Å². The van der Waals surface area contributed by atoms with Crippen molar-refractivity contribution in [1.29, 1.82) is 0 Å². The highest BCUT2D eigenvalue weighted by atomic mass is 14.8. The maximum Gasteiger partial charge on any atom is -0.0287 e. The Balaban J connectivity index is 0.879. The molecule has 0 heteroatoms. The Hall–Kier alpha value is 0. The normalized spacial score (nSPS) is 77.8.